The fourth-order valence-electron chi connectivity index (χ4n) is 2.31. The zero-order chi connectivity index (χ0) is 16.8. The fraction of sp³-hybridized carbons (Fsp3) is 0.312. The van der Waals surface area contributed by atoms with E-state index in [4.69, 9.17) is 4.52 Å². The monoisotopic (exact) mass is 362 g/mol. The lowest BCUT2D eigenvalue weighted by Gasteiger charge is -2.17. The Hall–Kier alpha value is -2.06. The lowest BCUT2D eigenvalue weighted by molar-refractivity contribution is -0.124. The van der Waals surface area contributed by atoms with Crippen molar-refractivity contribution >= 4 is 29.0 Å². The molecule has 0 aliphatic carbocycles. The van der Waals surface area contributed by atoms with Gasteiger partial charge in [-0.2, -0.15) is 16.7 Å². The topological polar surface area (TPSA) is 73.0 Å². The molecule has 3 rings (SSSR count). The minimum Gasteiger partial charge on any atom is -0.345 e. The van der Waals surface area contributed by atoms with E-state index in [1.807, 2.05) is 52.9 Å². The molecular weight excluding hydrogens is 344 g/mol. The zero-order valence-corrected chi connectivity index (χ0v) is 14.8. The molecule has 0 saturated heterocycles. The van der Waals surface area contributed by atoms with Crippen LogP contribution in [0.5, 0.6) is 0 Å². The average Bonchev–Trinajstić information content (AvgIpc) is 3.33. The quantitative estimate of drug-likeness (QED) is 0.666. The molecule has 0 bridgehead atoms. The van der Waals surface area contributed by atoms with E-state index in [1.165, 1.54) is 0 Å². The Morgan fingerprint density at radius 3 is 2.96 bits per heavy atom. The summed E-state index contributed by atoms with van der Waals surface area (Å²) in [5, 5.41) is 8.80. The standard InChI is InChI=1S/C16H18N4O2S2/c1-23-10-6-12(20-7-2-3-8-20)16(21)17-11-14-18-15(19-22-14)13-5-4-9-24-13/h2-5,7-9,12H,6,10-11H2,1H3,(H,17,21). The first kappa shape index (κ1) is 16.8. The van der Waals surface area contributed by atoms with Gasteiger partial charge in [-0.15, -0.1) is 11.3 Å². The van der Waals surface area contributed by atoms with E-state index < -0.39 is 0 Å². The van der Waals surface area contributed by atoms with Crippen molar-refractivity contribution < 1.29 is 9.32 Å². The smallest absolute Gasteiger partial charge is 0.246 e. The van der Waals surface area contributed by atoms with Gasteiger partial charge in [-0.1, -0.05) is 11.2 Å². The van der Waals surface area contributed by atoms with Crippen molar-refractivity contribution in [3.63, 3.8) is 0 Å². The molecule has 1 atom stereocenters. The predicted molar refractivity (Wildman–Crippen MR) is 95.9 cm³/mol. The molecule has 1 unspecified atom stereocenters. The Morgan fingerprint density at radius 1 is 1.42 bits per heavy atom. The van der Waals surface area contributed by atoms with Gasteiger partial charge in [0.2, 0.25) is 17.6 Å². The Bertz CT molecular complexity index is 753. The molecule has 0 aliphatic rings. The van der Waals surface area contributed by atoms with Crippen LogP contribution in [-0.2, 0) is 11.3 Å². The van der Waals surface area contributed by atoms with Gasteiger partial charge >= 0.3 is 0 Å². The van der Waals surface area contributed by atoms with Crippen molar-refractivity contribution in [2.24, 2.45) is 0 Å². The minimum atomic E-state index is -0.230. The van der Waals surface area contributed by atoms with Crippen molar-refractivity contribution in [3.8, 4) is 10.7 Å². The molecule has 3 aromatic rings. The first-order valence-corrected chi connectivity index (χ1v) is 9.81. The number of carbonyl (C=O) groups is 1. The summed E-state index contributed by atoms with van der Waals surface area (Å²) in [7, 11) is 0. The number of amides is 1. The van der Waals surface area contributed by atoms with Crippen molar-refractivity contribution in [2.75, 3.05) is 12.0 Å². The summed E-state index contributed by atoms with van der Waals surface area (Å²) >= 11 is 3.28. The molecule has 24 heavy (non-hydrogen) atoms. The summed E-state index contributed by atoms with van der Waals surface area (Å²) < 4.78 is 7.14. The highest BCUT2D eigenvalue weighted by atomic mass is 32.2. The molecule has 126 valence electrons. The van der Waals surface area contributed by atoms with Crippen molar-refractivity contribution in [1.82, 2.24) is 20.0 Å². The van der Waals surface area contributed by atoms with Gasteiger partial charge in [-0.25, -0.2) is 0 Å². The van der Waals surface area contributed by atoms with Gasteiger partial charge in [-0.3, -0.25) is 4.79 Å². The predicted octanol–water partition coefficient (Wildman–Crippen LogP) is 3.21. The summed E-state index contributed by atoms with van der Waals surface area (Å²) in [6.45, 7) is 0.230. The van der Waals surface area contributed by atoms with E-state index >= 15 is 0 Å². The molecule has 3 aromatic heterocycles. The molecule has 6 nitrogen and oxygen atoms in total. The second kappa shape index (κ2) is 8.16. The summed E-state index contributed by atoms with van der Waals surface area (Å²) in [5.41, 5.74) is 0. The van der Waals surface area contributed by atoms with Crippen LogP contribution in [0.3, 0.4) is 0 Å². The molecule has 3 heterocycles. The van der Waals surface area contributed by atoms with E-state index in [0.717, 1.165) is 17.1 Å². The third kappa shape index (κ3) is 4.07. The van der Waals surface area contributed by atoms with E-state index in [0.29, 0.717) is 11.7 Å². The van der Waals surface area contributed by atoms with Gasteiger partial charge in [0.15, 0.2) is 0 Å². The molecule has 8 heteroatoms. The summed E-state index contributed by atoms with van der Waals surface area (Å²) in [4.78, 5) is 17.8. The van der Waals surface area contributed by atoms with Crippen molar-refractivity contribution in [3.05, 3.63) is 47.9 Å². The first-order chi connectivity index (χ1) is 11.8. The number of hydrogen-bond acceptors (Lipinski definition) is 6. The van der Waals surface area contributed by atoms with Gasteiger partial charge in [0.1, 0.15) is 6.04 Å². The van der Waals surface area contributed by atoms with Gasteiger partial charge < -0.3 is 14.4 Å². The second-order valence-corrected chi connectivity index (χ2v) is 7.07. The minimum absolute atomic E-state index is 0.0453. The van der Waals surface area contributed by atoms with Crippen LogP contribution >= 0.6 is 23.1 Å². The highest BCUT2D eigenvalue weighted by Crippen LogP contribution is 2.21. The Kier molecular flexibility index (Phi) is 5.71. The molecule has 1 N–H and O–H groups in total. The normalized spacial score (nSPS) is 12.2. The molecule has 0 aromatic carbocycles. The first-order valence-electron chi connectivity index (χ1n) is 7.53. The van der Waals surface area contributed by atoms with Gasteiger partial charge in [0.25, 0.3) is 0 Å². The Balaban J connectivity index is 1.61. The maximum Gasteiger partial charge on any atom is 0.246 e. The molecule has 0 radical (unpaired) electrons. The number of nitrogens with one attached hydrogen (secondary N) is 1. The highest BCUT2D eigenvalue weighted by Gasteiger charge is 2.20. The molecule has 0 fully saturated rings. The zero-order valence-electron chi connectivity index (χ0n) is 13.2. The number of aromatic nitrogens is 3. The molecule has 0 spiro atoms. The van der Waals surface area contributed by atoms with E-state index in [2.05, 4.69) is 15.5 Å². The molecular formula is C16H18N4O2S2. The molecule has 0 aliphatic heterocycles. The third-order valence-corrected chi connectivity index (χ3v) is 5.02. The number of rotatable bonds is 8. The SMILES string of the molecule is CSCCC(C(=O)NCc1nc(-c2cccs2)no1)n1cccc1. The van der Waals surface area contributed by atoms with Gasteiger partial charge in [0.05, 0.1) is 11.4 Å². The number of nitrogens with zero attached hydrogens (tertiary/aromatic N) is 3. The summed E-state index contributed by atoms with van der Waals surface area (Å²) in [6, 6.07) is 7.48. The van der Waals surface area contributed by atoms with Crippen LogP contribution in [0.4, 0.5) is 0 Å². The maximum absolute atomic E-state index is 12.5. The Morgan fingerprint density at radius 2 is 2.25 bits per heavy atom. The largest absolute Gasteiger partial charge is 0.345 e. The van der Waals surface area contributed by atoms with Crippen LogP contribution in [0, 0.1) is 0 Å². The van der Waals surface area contributed by atoms with Crippen LogP contribution in [0.2, 0.25) is 0 Å². The van der Waals surface area contributed by atoms with Crippen LogP contribution < -0.4 is 5.32 Å². The van der Waals surface area contributed by atoms with E-state index in [-0.39, 0.29) is 18.5 Å². The maximum atomic E-state index is 12.5. The number of thiophene rings is 1. The van der Waals surface area contributed by atoms with E-state index in [9.17, 15) is 4.79 Å². The van der Waals surface area contributed by atoms with Crippen LogP contribution in [0.1, 0.15) is 18.4 Å². The summed E-state index contributed by atoms with van der Waals surface area (Å²) in [5.74, 6) is 1.83. The van der Waals surface area contributed by atoms with E-state index in [1.54, 1.807) is 23.1 Å². The molecule has 0 saturated carbocycles. The van der Waals surface area contributed by atoms with Crippen molar-refractivity contribution in [1.29, 1.82) is 0 Å². The van der Waals surface area contributed by atoms with Crippen LogP contribution in [0.15, 0.2) is 46.6 Å². The number of carbonyl (C=O) groups excluding carboxylic acids is 1. The number of thioether (sulfide) groups is 1. The highest BCUT2D eigenvalue weighted by molar-refractivity contribution is 7.98. The van der Waals surface area contributed by atoms with Crippen LogP contribution in [-0.4, -0.2) is 32.6 Å². The summed E-state index contributed by atoms with van der Waals surface area (Å²) in [6.07, 6.45) is 6.62. The lowest BCUT2D eigenvalue weighted by atomic mass is 10.2. The van der Waals surface area contributed by atoms with Crippen molar-refractivity contribution in [2.45, 2.75) is 19.0 Å². The number of hydrogen-bond donors (Lipinski definition) is 1. The third-order valence-electron chi connectivity index (χ3n) is 3.51. The Labute approximate surface area is 148 Å². The fourth-order valence-corrected chi connectivity index (χ4v) is 3.42. The lowest BCUT2D eigenvalue weighted by Crippen LogP contribution is -2.32. The average molecular weight is 362 g/mol. The molecule has 1 amide bonds. The van der Waals surface area contributed by atoms with Crippen LogP contribution in [0.25, 0.3) is 10.7 Å². The second-order valence-electron chi connectivity index (χ2n) is 5.13. The van der Waals surface area contributed by atoms with Gasteiger partial charge in [-0.05, 0) is 42.0 Å². The van der Waals surface area contributed by atoms with Gasteiger partial charge in [0, 0.05) is 12.4 Å².